The summed E-state index contributed by atoms with van der Waals surface area (Å²) in [6, 6.07) is 9.50. The van der Waals surface area contributed by atoms with E-state index in [1.54, 1.807) is 6.92 Å². The number of carbonyl (C=O) groups is 1. The minimum atomic E-state index is -0.488. The van der Waals surface area contributed by atoms with E-state index in [-0.39, 0.29) is 12.2 Å². The lowest BCUT2D eigenvalue weighted by molar-refractivity contribution is 0.0524. The van der Waals surface area contributed by atoms with Crippen LogP contribution in [0, 0.1) is 0 Å². The zero-order valence-electron chi connectivity index (χ0n) is 12.7. The molecule has 2 rings (SSSR count). The number of hydrogen-bond acceptors (Lipinski definition) is 5. The molecule has 0 radical (unpaired) electrons. The summed E-state index contributed by atoms with van der Waals surface area (Å²) in [5.74, 6) is 0.340. The standard InChI is InChI=1S/C17H18N2O3/c1-4-21-12(3)15-14(17(20)22-5-2)11-18-16(19-15)13-9-7-6-8-10-13/h6-11H,3-5H2,1-2H3. The number of esters is 1. The van der Waals surface area contributed by atoms with Crippen LogP contribution in [-0.2, 0) is 9.47 Å². The van der Waals surface area contributed by atoms with Crippen LogP contribution in [-0.4, -0.2) is 29.2 Å². The zero-order chi connectivity index (χ0) is 15.9. The van der Waals surface area contributed by atoms with Gasteiger partial charge >= 0.3 is 5.97 Å². The van der Waals surface area contributed by atoms with Crippen molar-refractivity contribution in [1.29, 1.82) is 0 Å². The van der Waals surface area contributed by atoms with Crippen molar-refractivity contribution in [2.45, 2.75) is 13.8 Å². The molecule has 0 N–H and O–H groups in total. The average molecular weight is 298 g/mol. The van der Waals surface area contributed by atoms with Crippen LogP contribution in [0.15, 0.2) is 43.1 Å². The van der Waals surface area contributed by atoms with Crippen LogP contribution >= 0.6 is 0 Å². The molecule has 0 unspecified atom stereocenters. The third kappa shape index (κ3) is 3.49. The van der Waals surface area contributed by atoms with Gasteiger partial charge in [-0.05, 0) is 13.8 Å². The van der Waals surface area contributed by atoms with E-state index in [1.165, 1.54) is 6.20 Å². The molecule has 1 aromatic heterocycles. The maximum atomic E-state index is 12.0. The third-order valence-corrected chi connectivity index (χ3v) is 2.90. The molecule has 5 heteroatoms. The molecule has 22 heavy (non-hydrogen) atoms. The molecular weight excluding hydrogens is 280 g/mol. The number of nitrogens with zero attached hydrogens (tertiary/aromatic N) is 2. The van der Waals surface area contributed by atoms with E-state index in [9.17, 15) is 4.79 Å². The minimum absolute atomic E-state index is 0.250. The summed E-state index contributed by atoms with van der Waals surface area (Å²) < 4.78 is 10.4. The maximum absolute atomic E-state index is 12.0. The highest BCUT2D eigenvalue weighted by Crippen LogP contribution is 2.21. The molecule has 0 amide bonds. The lowest BCUT2D eigenvalue weighted by Crippen LogP contribution is -2.11. The predicted octanol–water partition coefficient (Wildman–Crippen LogP) is 3.33. The first-order chi connectivity index (χ1) is 10.7. The molecule has 1 heterocycles. The quantitative estimate of drug-likeness (QED) is 0.604. The van der Waals surface area contributed by atoms with Crippen molar-refractivity contribution in [2.75, 3.05) is 13.2 Å². The molecule has 0 spiro atoms. The molecule has 0 aliphatic carbocycles. The van der Waals surface area contributed by atoms with Crippen LogP contribution in [0.1, 0.15) is 29.9 Å². The fourth-order valence-corrected chi connectivity index (χ4v) is 1.92. The van der Waals surface area contributed by atoms with E-state index in [0.29, 0.717) is 23.9 Å². The summed E-state index contributed by atoms with van der Waals surface area (Å²) in [5, 5.41) is 0. The van der Waals surface area contributed by atoms with Gasteiger partial charge in [-0.2, -0.15) is 0 Å². The second kappa shape index (κ2) is 7.36. The molecule has 0 atom stereocenters. The number of benzene rings is 1. The average Bonchev–Trinajstić information content (AvgIpc) is 2.55. The molecule has 2 aromatic rings. The SMILES string of the molecule is C=C(OCC)c1nc(-c2ccccc2)ncc1C(=O)OCC. The van der Waals surface area contributed by atoms with Crippen LogP contribution in [0.5, 0.6) is 0 Å². The highest BCUT2D eigenvalue weighted by molar-refractivity contribution is 5.93. The first-order valence-corrected chi connectivity index (χ1v) is 7.09. The summed E-state index contributed by atoms with van der Waals surface area (Å²) in [4.78, 5) is 20.7. The Bertz CT molecular complexity index is 669. The molecule has 5 nitrogen and oxygen atoms in total. The monoisotopic (exact) mass is 298 g/mol. The van der Waals surface area contributed by atoms with Crippen LogP contribution < -0.4 is 0 Å². The van der Waals surface area contributed by atoms with Gasteiger partial charge < -0.3 is 9.47 Å². The van der Waals surface area contributed by atoms with Crippen molar-refractivity contribution in [1.82, 2.24) is 9.97 Å². The number of ether oxygens (including phenoxy) is 2. The largest absolute Gasteiger partial charge is 0.492 e. The summed E-state index contributed by atoms with van der Waals surface area (Å²) in [7, 11) is 0. The Balaban J connectivity index is 2.48. The highest BCUT2D eigenvalue weighted by atomic mass is 16.5. The Labute approximate surface area is 129 Å². The summed E-state index contributed by atoms with van der Waals surface area (Å²) >= 11 is 0. The first kappa shape index (κ1) is 15.7. The van der Waals surface area contributed by atoms with E-state index < -0.39 is 5.97 Å². The van der Waals surface area contributed by atoms with Crippen molar-refractivity contribution in [2.24, 2.45) is 0 Å². The Hall–Kier alpha value is -2.69. The summed E-state index contributed by atoms with van der Waals surface area (Å²) in [6.45, 7) is 8.13. The van der Waals surface area contributed by atoms with Crippen LogP contribution in [0.3, 0.4) is 0 Å². The van der Waals surface area contributed by atoms with Crippen LogP contribution in [0.4, 0.5) is 0 Å². The second-order valence-electron chi connectivity index (χ2n) is 4.40. The van der Waals surface area contributed by atoms with Gasteiger partial charge in [0.1, 0.15) is 17.0 Å². The topological polar surface area (TPSA) is 61.3 Å². The van der Waals surface area contributed by atoms with Crippen molar-refractivity contribution in [3.63, 3.8) is 0 Å². The van der Waals surface area contributed by atoms with E-state index in [4.69, 9.17) is 9.47 Å². The molecule has 0 saturated heterocycles. The Morgan fingerprint density at radius 2 is 1.82 bits per heavy atom. The van der Waals surface area contributed by atoms with Crippen molar-refractivity contribution < 1.29 is 14.3 Å². The molecule has 0 aliphatic heterocycles. The first-order valence-electron chi connectivity index (χ1n) is 7.09. The normalized spacial score (nSPS) is 10.1. The Morgan fingerprint density at radius 3 is 2.45 bits per heavy atom. The molecule has 1 aromatic carbocycles. The van der Waals surface area contributed by atoms with Gasteiger partial charge in [0.25, 0.3) is 0 Å². The third-order valence-electron chi connectivity index (χ3n) is 2.90. The van der Waals surface area contributed by atoms with Crippen molar-refractivity contribution in [3.8, 4) is 11.4 Å². The zero-order valence-corrected chi connectivity index (χ0v) is 12.7. The summed E-state index contributed by atoms with van der Waals surface area (Å²) in [6.07, 6.45) is 1.45. The van der Waals surface area contributed by atoms with Gasteiger partial charge in [-0.3, -0.25) is 0 Å². The summed E-state index contributed by atoms with van der Waals surface area (Å²) in [5.41, 5.74) is 1.46. The fourth-order valence-electron chi connectivity index (χ4n) is 1.92. The van der Waals surface area contributed by atoms with E-state index >= 15 is 0 Å². The Morgan fingerprint density at radius 1 is 1.14 bits per heavy atom. The smallest absolute Gasteiger partial charge is 0.342 e. The molecule has 0 aliphatic rings. The number of rotatable bonds is 6. The number of hydrogen-bond donors (Lipinski definition) is 0. The molecular formula is C17H18N2O3. The van der Waals surface area contributed by atoms with Crippen LogP contribution in [0.25, 0.3) is 17.1 Å². The van der Waals surface area contributed by atoms with Crippen LogP contribution in [0.2, 0.25) is 0 Å². The van der Waals surface area contributed by atoms with Gasteiger partial charge in [0.15, 0.2) is 5.82 Å². The van der Waals surface area contributed by atoms with E-state index in [2.05, 4.69) is 16.5 Å². The predicted molar refractivity (Wildman–Crippen MR) is 84.1 cm³/mol. The fraction of sp³-hybridized carbons (Fsp3) is 0.235. The Kier molecular flexibility index (Phi) is 5.25. The lowest BCUT2D eigenvalue weighted by Gasteiger charge is -2.12. The second-order valence-corrected chi connectivity index (χ2v) is 4.40. The molecule has 114 valence electrons. The van der Waals surface area contributed by atoms with Gasteiger partial charge in [-0.15, -0.1) is 0 Å². The molecule has 0 bridgehead atoms. The van der Waals surface area contributed by atoms with Gasteiger partial charge in [0, 0.05) is 11.8 Å². The number of carbonyl (C=O) groups excluding carboxylic acids is 1. The number of aromatic nitrogens is 2. The maximum Gasteiger partial charge on any atom is 0.342 e. The minimum Gasteiger partial charge on any atom is -0.492 e. The molecule has 0 saturated carbocycles. The van der Waals surface area contributed by atoms with Gasteiger partial charge in [-0.1, -0.05) is 36.9 Å². The van der Waals surface area contributed by atoms with Gasteiger partial charge in [0.05, 0.1) is 13.2 Å². The highest BCUT2D eigenvalue weighted by Gasteiger charge is 2.19. The van der Waals surface area contributed by atoms with E-state index in [0.717, 1.165) is 5.56 Å². The van der Waals surface area contributed by atoms with Gasteiger partial charge in [0.2, 0.25) is 0 Å². The molecule has 0 fully saturated rings. The van der Waals surface area contributed by atoms with Crippen molar-refractivity contribution >= 4 is 11.7 Å². The lowest BCUT2D eigenvalue weighted by atomic mass is 10.1. The van der Waals surface area contributed by atoms with Gasteiger partial charge in [-0.25, -0.2) is 14.8 Å². The van der Waals surface area contributed by atoms with Crippen molar-refractivity contribution in [3.05, 3.63) is 54.4 Å². The van der Waals surface area contributed by atoms with E-state index in [1.807, 2.05) is 37.3 Å².